The molecule has 0 atom stereocenters. The maximum absolute atomic E-state index is 13.8. The summed E-state index contributed by atoms with van der Waals surface area (Å²) in [4.78, 5) is 16.9. The predicted octanol–water partition coefficient (Wildman–Crippen LogP) is 5.27. The summed E-state index contributed by atoms with van der Waals surface area (Å²) in [6, 6.07) is 21.3. The van der Waals surface area contributed by atoms with Crippen LogP contribution < -0.4 is 10.1 Å². The average Bonchev–Trinajstić information content (AvgIpc) is 3.15. The monoisotopic (exact) mass is 451 g/mol. The fourth-order valence-corrected chi connectivity index (χ4v) is 3.75. The molecule has 7 heteroatoms. The lowest BCUT2D eigenvalue weighted by molar-refractivity contribution is 0.0949. The lowest BCUT2D eigenvalue weighted by Crippen LogP contribution is -2.26. The lowest BCUT2D eigenvalue weighted by Gasteiger charge is -2.12. The Morgan fingerprint density at radius 3 is 2.62 bits per heavy atom. The second-order valence-corrected chi connectivity index (χ2v) is 7.69. The van der Waals surface area contributed by atoms with Gasteiger partial charge in [0.25, 0.3) is 5.91 Å². The number of halogens is 2. The van der Waals surface area contributed by atoms with Crippen LogP contribution in [0.2, 0.25) is 5.02 Å². The molecule has 4 rings (SSSR count). The molecule has 0 aliphatic heterocycles. The summed E-state index contributed by atoms with van der Waals surface area (Å²) in [5, 5.41) is 3.36. The van der Waals surface area contributed by atoms with Gasteiger partial charge in [-0.3, -0.25) is 4.79 Å². The second kappa shape index (κ2) is 10.3. The zero-order chi connectivity index (χ0) is 22.3. The third kappa shape index (κ3) is 5.08. The number of hydrogen-bond acceptors (Lipinski definition) is 3. The molecular weight excluding hydrogens is 429 g/mol. The first-order valence-corrected chi connectivity index (χ1v) is 10.9. The minimum atomic E-state index is -0.523. The molecule has 0 aliphatic carbocycles. The Kier molecular flexibility index (Phi) is 7.02. The van der Waals surface area contributed by atoms with Gasteiger partial charge < -0.3 is 14.6 Å². The van der Waals surface area contributed by atoms with Crippen LogP contribution in [0, 0.1) is 5.82 Å². The number of nitrogens with zero attached hydrogens (tertiary/aromatic N) is 2. The van der Waals surface area contributed by atoms with E-state index >= 15 is 0 Å². The van der Waals surface area contributed by atoms with E-state index in [1.807, 2.05) is 42.5 Å². The van der Waals surface area contributed by atoms with E-state index in [1.54, 1.807) is 18.2 Å². The van der Waals surface area contributed by atoms with E-state index in [0.29, 0.717) is 43.3 Å². The molecule has 1 N–H and O–H groups in total. The minimum absolute atomic E-state index is 0.0523. The van der Waals surface area contributed by atoms with Crippen LogP contribution in [-0.4, -0.2) is 28.6 Å². The molecule has 0 spiro atoms. The molecule has 0 radical (unpaired) electrons. The predicted molar refractivity (Wildman–Crippen MR) is 124 cm³/mol. The summed E-state index contributed by atoms with van der Waals surface area (Å²) >= 11 is 6.17. The van der Waals surface area contributed by atoms with Crippen LogP contribution in [0.5, 0.6) is 5.75 Å². The number of para-hydroxylation sites is 3. The first kappa shape index (κ1) is 21.8. The van der Waals surface area contributed by atoms with E-state index in [9.17, 15) is 9.18 Å². The lowest BCUT2D eigenvalue weighted by atomic mass is 10.2. The average molecular weight is 452 g/mol. The van der Waals surface area contributed by atoms with Crippen LogP contribution in [0.25, 0.3) is 11.0 Å². The number of aromatic nitrogens is 2. The van der Waals surface area contributed by atoms with Crippen LogP contribution in [-0.2, 0) is 13.0 Å². The summed E-state index contributed by atoms with van der Waals surface area (Å²) in [5.41, 5.74) is 1.99. The first-order chi connectivity index (χ1) is 15.6. The van der Waals surface area contributed by atoms with Gasteiger partial charge in [-0.1, -0.05) is 48.0 Å². The molecule has 0 unspecified atom stereocenters. The highest BCUT2D eigenvalue weighted by Gasteiger charge is 2.13. The Labute approximate surface area is 190 Å². The van der Waals surface area contributed by atoms with E-state index in [-0.39, 0.29) is 5.56 Å². The van der Waals surface area contributed by atoms with Gasteiger partial charge >= 0.3 is 0 Å². The highest BCUT2D eigenvalue weighted by molar-refractivity contribution is 6.32. The van der Waals surface area contributed by atoms with Crippen molar-refractivity contribution in [2.24, 2.45) is 0 Å². The Morgan fingerprint density at radius 1 is 1.03 bits per heavy atom. The van der Waals surface area contributed by atoms with Crippen LogP contribution in [0.3, 0.4) is 0 Å². The number of benzene rings is 3. The van der Waals surface area contributed by atoms with Gasteiger partial charge in [0.15, 0.2) is 0 Å². The fraction of sp³-hybridized carbons (Fsp3) is 0.200. The summed E-state index contributed by atoms with van der Waals surface area (Å²) in [6.45, 7) is 1.48. The Bertz CT molecular complexity index is 1220. The molecule has 0 aliphatic rings. The zero-order valence-electron chi connectivity index (χ0n) is 17.4. The van der Waals surface area contributed by atoms with Crippen molar-refractivity contribution in [1.82, 2.24) is 14.9 Å². The van der Waals surface area contributed by atoms with Crippen LogP contribution in [0.15, 0.2) is 72.8 Å². The van der Waals surface area contributed by atoms with Gasteiger partial charge in [0.2, 0.25) is 0 Å². The van der Waals surface area contributed by atoms with Gasteiger partial charge in [-0.05, 0) is 42.8 Å². The summed E-state index contributed by atoms with van der Waals surface area (Å²) in [6.07, 6.45) is 1.34. The Morgan fingerprint density at radius 2 is 1.78 bits per heavy atom. The van der Waals surface area contributed by atoms with E-state index in [4.69, 9.17) is 21.3 Å². The molecule has 1 heterocycles. The Hall–Kier alpha value is -3.38. The van der Waals surface area contributed by atoms with Crippen LogP contribution in [0.4, 0.5) is 4.39 Å². The summed E-state index contributed by atoms with van der Waals surface area (Å²) < 4.78 is 21.7. The second-order valence-electron chi connectivity index (χ2n) is 7.29. The molecule has 164 valence electrons. The van der Waals surface area contributed by atoms with Crippen LogP contribution >= 0.6 is 11.6 Å². The molecule has 0 saturated heterocycles. The van der Waals surface area contributed by atoms with E-state index < -0.39 is 11.7 Å². The molecule has 0 fully saturated rings. The highest BCUT2D eigenvalue weighted by atomic mass is 35.5. The van der Waals surface area contributed by atoms with E-state index in [1.165, 1.54) is 12.1 Å². The summed E-state index contributed by atoms with van der Waals surface area (Å²) in [7, 11) is 0. The molecular formula is C25H23ClFN3O2. The first-order valence-electron chi connectivity index (χ1n) is 10.5. The topological polar surface area (TPSA) is 56.2 Å². The molecule has 32 heavy (non-hydrogen) atoms. The standard InChI is InChI=1S/C25H23ClFN3O2/c26-19-9-2-6-13-23(19)32-17-16-30-22-12-5-4-11-21(22)29-24(30)14-7-15-28-25(31)18-8-1-3-10-20(18)27/h1-6,8-13H,7,14-17H2,(H,28,31). The van der Waals surface area contributed by atoms with Crippen molar-refractivity contribution >= 4 is 28.5 Å². The van der Waals surface area contributed by atoms with Crippen molar-refractivity contribution in [1.29, 1.82) is 0 Å². The van der Waals surface area contributed by atoms with Gasteiger partial charge in [0.05, 0.1) is 28.2 Å². The molecule has 1 aromatic heterocycles. The van der Waals surface area contributed by atoms with Crippen molar-refractivity contribution in [3.63, 3.8) is 0 Å². The fourth-order valence-electron chi connectivity index (χ4n) is 3.56. The zero-order valence-corrected chi connectivity index (χ0v) is 18.2. The maximum Gasteiger partial charge on any atom is 0.254 e. The molecule has 1 amide bonds. The number of imidazole rings is 1. The van der Waals surface area contributed by atoms with Crippen molar-refractivity contribution in [3.05, 3.63) is 95.0 Å². The smallest absolute Gasteiger partial charge is 0.254 e. The third-order valence-corrected chi connectivity index (χ3v) is 5.44. The van der Waals surface area contributed by atoms with E-state index in [2.05, 4.69) is 9.88 Å². The normalized spacial score (nSPS) is 10.9. The molecule has 4 aromatic rings. The highest BCUT2D eigenvalue weighted by Crippen LogP contribution is 2.23. The maximum atomic E-state index is 13.8. The number of carbonyl (C=O) groups is 1. The number of aryl methyl sites for hydroxylation is 1. The van der Waals surface area contributed by atoms with Crippen molar-refractivity contribution < 1.29 is 13.9 Å². The van der Waals surface area contributed by atoms with E-state index in [0.717, 1.165) is 16.9 Å². The number of carbonyl (C=O) groups excluding carboxylic acids is 1. The number of rotatable bonds is 9. The minimum Gasteiger partial charge on any atom is -0.490 e. The SMILES string of the molecule is O=C(NCCCc1nc2ccccc2n1CCOc1ccccc1Cl)c1ccccc1F. The quantitative estimate of drug-likeness (QED) is 0.353. The molecule has 0 saturated carbocycles. The van der Waals surface area contributed by atoms with Crippen molar-refractivity contribution in [3.8, 4) is 5.75 Å². The largest absolute Gasteiger partial charge is 0.490 e. The number of amides is 1. The number of fused-ring (bicyclic) bond motifs is 1. The van der Waals surface area contributed by atoms with Gasteiger partial charge in [0.1, 0.15) is 24.0 Å². The van der Waals surface area contributed by atoms with Gasteiger partial charge in [-0.2, -0.15) is 0 Å². The summed E-state index contributed by atoms with van der Waals surface area (Å²) in [5.74, 6) is 0.625. The van der Waals surface area contributed by atoms with Crippen molar-refractivity contribution in [2.75, 3.05) is 13.2 Å². The van der Waals surface area contributed by atoms with Gasteiger partial charge in [0, 0.05) is 13.0 Å². The number of hydrogen-bond donors (Lipinski definition) is 1. The van der Waals surface area contributed by atoms with Gasteiger partial charge in [-0.25, -0.2) is 9.37 Å². The molecule has 3 aromatic carbocycles. The van der Waals surface area contributed by atoms with Crippen molar-refractivity contribution in [2.45, 2.75) is 19.4 Å². The number of ether oxygens (including phenoxy) is 1. The number of nitrogens with one attached hydrogen (secondary N) is 1. The van der Waals surface area contributed by atoms with Gasteiger partial charge in [-0.15, -0.1) is 0 Å². The molecule has 0 bridgehead atoms. The Balaban J connectivity index is 1.38. The molecule has 5 nitrogen and oxygen atoms in total. The van der Waals surface area contributed by atoms with Crippen LogP contribution in [0.1, 0.15) is 22.6 Å². The third-order valence-electron chi connectivity index (χ3n) is 5.12.